The molecule has 0 unspecified atom stereocenters. The second-order valence-electron chi connectivity index (χ2n) is 4.37. The van der Waals surface area contributed by atoms with Gasteiger partial charge < -0.3 is 21.1 Å². The number of carbonyl (C=O) groups is 1. The molecule has 0 aliphatic rings. The van der Waals surface area contributed by atoms with Gasteiger partial charge in [-0.15, -0.1) is 0 Å². The molecule has 1 rings (SSSR count). The van der Waals surface area contributed by atoms with Gasteiger partial charge in [0.1, 0.15) is 5.75 Å². The summed E-state index contributed by atoms with van der Waals surface area (Å²) in [6.07, 6.45) is 0. The minimum Gasteiger partial charge on any atom is -0.495 e. The number of rotatable bonds is 4. The summed E-state index contributed by atoms with van der Waals surface area (Å²) in [5, 5.41) is 5.50. The summed E-state index contributed by atoms with van der Waals surface area (Å²) in [5.41, 5.74) is 5.72. The molecule has 0 saturated carbocycles. The topological polar surface area (TPSA) is 76.4 Å². The van der Waals surface area contributed by atoms with Gasteiger partial charge >= 0.3 is 6.03 Å². The first-order valence-corrected chi connectivity index (χ1v) is 5.41. The van der Waals surface area contributed by atoms with E-state index in [2.05, 4.69) is 10.6 Å². The first kappa shape index (κ1) is 13.3. The standard InChI is InChI=1S/C12H19N3O2/c1-12(2,8-13)15-11(16)14-9-6-4-5-7-10(9)17-3/h4-7H,8,13H2,1-3H3,(H2,14,15,16). The Hall–Kier alpha value is -1.75. The van der Waals surface area contributed by atoms with Gasteiger partial charge in [-0.2, -0.15) is 0 Å². The van der Waals surface area contributed by atoms with Gasteiger partial charge in [-0.05, 0) is 26.0 Å². The lowest BCUT2D eigenvalue weighted by Gasteiger charge is -2.24. The number of para-hydroxylation sites is 2. The second-order valence-corrected chi connectivity index (χ2v) is 4.37. The number of hydrogen-bond acceptors (Lipinski definition) is 3. The molecule has 5 heteroatoms. The predicted octanol–water partition coefficient (Wildman–Crippen LogP) is 1.55. The third-order valence-electron chi connectivity index (χ3n) is 2.32. The van der Waals surface area contributed by atoms with E-state index in [1.807, 2.05) is 26.0 Å². The van der Waals surface area contributed by atoms with E-state index < -0.39 is 5.54 Å². The Balaban J connectivity index is 2.68. The normalized spacial score (nSPS) is 10.8. The molecule has 94 valence electrons. The molecular weight excluding hydrogens is 218 g/mol. The van der Waals surface area contributed by atoms with Crippen LogP contribution in [-0.4, -0.2) is 25.2 Å². The molecule has 0 radical (unpaired) electrons. The molecule has 0 heterocycles. The third kappa shape index (κ3) is 3.96. The van der Waals surface area contributed by atoms with Crippen molar-refractivity contribution in [1.82, 2.24) is 5.32 Å². The van der Waals surface area contributed by atoms with Crippen molar-refractivity contribution >= 4 is 11.7 Å². The predicted molar refractivity (Wildman–Crippen MR) is 68.3 cm³/mol. The van der Waals surface area contributed by atoms with Crippen molar-refractivity contribution in [3.05, 3.63) is 24.3 Å². The van der Waals surface area contributed by atoms with Crippen LogP contribution in [-0.2, 0) is 0 Å². The molecular formula is C12H19N3O2. The molecule has 2 amide bonds. The highest BCUT2D eigenvalue weighted by Gasteiger charge is 2.18. The van der Waals surface area contributed by atoms with E-state index in [0.717, 1.165) is 0 Å². The van der Waals surface area contributed by atoms with Crippen LogP contribution in [0.4, 0.5) is 10.5 Å². The zero-order valence-corrected chi connectivity index (χ0v) is 10.4. The van der Waals surface area contributed by atoms with Gasteiger partial charge in [0.2, 0.25) is 0 Å². The minimum atomic E-state index is -0.438. The highest BCUT2D eigenvalue weighted by Crippen LogP contribution is 2.22. The van der Waals surface area contributed by atoms with Gasteiger partial charge in [0, 0.05) is 12.1 Å². The quantitative estimate of drug-likeness (QED) is 0.743. The number of ether oxygens (including phenoxy) is 1. The van der Waals surface area contributed by atoms with Crippen LogP contribution < -0.4 is 21.1 Å². The number of nitrogens with one attached hydrogen (secondary N) is 2. The van der Waals surface area contributed by atoms with E-state index in [0.29, 0.717) is 18.0 Å². The zero-order chi connectivity index (χ0) is 12.9. The minimum absolute atomic E-state index is 0.301. The first-order valence-electron chi connectivity index (χ1n) is 5.41. The van der Waals surface area contributed by atoms with Crippen LogP contribution >= 0.6 is 0 Å². The Morgan fingerprint density at radius 2 is 2.06 bits per heavy atom. The van der Waals surface area contributed by atoms with Crippen LogP contribution in [0.2, 0.25) is 0 Å². The molecule has 5 nitrogen and oxygen atoms in total. The number of anilines is 1. The number of nitrogens with two attached hydrogens (primary N) is 1. The molecule has 0 spiro atoms. The fourth-order valence-corrected chi connectivity index (χ4v) is 1.26. The van der Waals surface area contributed by atoms with Crippen LogP contribution in [0.1, 0.15) is 13.8 Å². The van der Waals surface area contributed by atoms with Crippen molar-refractivity contribution in [2.24, 2.45) is 5.73 Å². The molecule has 17 heavy (non-hydrogen) atoms. The molecule has 0 atom stereocenters. The fraction of sp³-hybridized carbons (Fsp3) is 0.417. The number of methoxy groups -OCH3 is 1. The molecule has 4 N–H and O–H groups in total. The monoisotopic (exact) mass is 237 g/mol. The molecule has 0 aliphatic heterocycles. The largest absolute Gasteiger partial charge is 0.495 e. The smallest absolute Gasteiger partial charge is 0.319 e. The lowest BCUT2D eigenvalue weighted by atomic mass is 10.1. The molecule has 1 aromatic rings. The summed E-state index contributed by atoms with van der Waals surface area (Å²) in [7, 11) is 1.56. The summed E-state index contributed by atoms with van der Waals surface area (Å²) in [4.78, 5) is 11.7. The van der Waals surface area contributed by atoms with Crippen molar-refractivity contribution in [1.29, 1.82) is 0 Å². The zero-order valence-electron chi connectivity index (χ0n) is 10.4. The van der Waals surface area contributed by atoms with E-state index in [-0.39, 0.29) is 6.03 Å². The summed E-state index contributed by atoms with van der Waals surface area (Å²) < 4.78 is 5.14. The maximum Gasteiger partial charge on any atom is 0.319 e. The van der Waals surface area contributed by atoms with E-state index in [9.17, 15) is 4.79 Å². The Kier molecular flexibility index (Phi) is 4.34. The van der Waals surface area contributed by atoms with Crippen molar-refractivity contribution < 1.29 is 9.53 Å². The average Bonchev–Trinajstić information content (AvgIpc) is 2.29. The molecule has 1 aromatic carbocycles. The fourth-order valence-electron chi connectivity index (χ4n) is 1.26. The van der Waals surface area contributed by atoms with Crippen LogP contribution in [0.5, 0.6) is 5.75 Å². The van der Waals surface area contributed by atoms with Crippen LogP contribution in [0, 0.1) is 0 Å². The lowest BCUT2D eigenvalue weighted by Crippen LogP contribution is -2.50. The van der Waals surface area contributed by atoms with Crippen molar-refractivity contribution in [3.63, 3.8) is 0 Å². The van der Waals surface area contributed by atoms with E-state index in [1.165, 1.54) is 0 Å². The van der Waals surface area contributed by atoms with Crippen molar-refractivity contribution in [2.45, 2.75) is 19.4 Å². The Bertz CT molecular complexity index is 391. The lowest BCUT2D eigenvalue weighted by molar-refractivity contribution is 0.242. The van der Waals surface area contributed by atoms with Gasteiger partial charge in [-0.1, -0.05) is 12.1 Å². The number of carbonyl (C=O) groups excluding carboxylic acids is 1. The molecule has 0 aromatic heterocycles. The van der Waals surface area contributed by atoms with Crippen LogP contribution in [0.25, 0.3) is 0 Å². The van der Waals surface area contributed by atoms with Gasteiger partial charge in [0.25, 0.3) is 0 Å². The van der Waals surface area contributed by atoms with E-state index in [1.54, 1.807) is 19.2 Å². The third-order valence-corrected chi connectivity index (χ3v) is 2.32. The molecule has 0 saturated heterocycles. The summed E-state index contributed by atoms with van der Waals surface area (Å²) in [6.45, 7) is 4.08. The number of benzene rings is 1. The van der Waals surface area contributed by atoms with Crippen molar-refractivity contribution in [2.75, 3.05) is 19.0 Å². The summed E-state index contributed by atoms with van der Waals surface area (Å²) >= 11 is 0. The van der Waals surface area contributed by atoms with Gasteiger partial charge in [-0.25, -0.2) is 4.79 Å². The highest BCUT2D eigenvalue weighted by molar-refractivity contribution is 5.91. The maximum absolute atomic E-state index is 11.7. The SMILES string of the molecule is COc1ccccc1NC(=O)NC(C)(C)CN. The number of amides is 2. The van der Waals surface area contributed by atoms with Gasteiger partial charge in [0.15, 0.2) is 0 Å². The van der Waals surface area contributed by atoms with E-state index >= 15 is 0 Å². The second kappa shape index (κ2) is 5.54. The van der Waals surface area contributed by atoms with Gasteiger partial charge in [0.05, 0.1) is 12.8 Å². The van der Waals surface area contributed by atoms with E-state index in [4.69, 9.17) is 10.5 Å². The average molecular weight is 237 g/mol. The Labute approximate surface area is 101 Å². The maximum atomic E-state index is 11.7. The highest BCUT2D eigenvalue weighted by atomic mass is 16.5. The number of hydrogen-bond donors (Lipinski definition) is 3. The van der Waals surface area contributed by atoms with Crippen LogP contribution in [0.15, 0.2) is 24.3 Å². The molecule has 0 aliphatic carbocycles. The number of urea groups is 1. The Morgan fingerprint density at radius 3 is 2.65 bits per heavy atom. The van der Waals surface area contributed by atoms with Gasteiger partial charge in [-0.3, -0.25) is 0 Å². The summed E-state index contributed by atoms with van der Waals surface area (Å²) in [5.74, 6) is 0.619. The van der Waals surface area contributed by atoms with Crippen molar-refractivity contribution in [3.8, 4) is 5.75 Å². The Morgan fingerprint density at radius 1 is 1.41 bits per heavy atom. The molecule has 0 bridgehead atoms. The molecule has 0 fully saturated rings. The first-order chi connectivity index (χ1) is 7.98. The van der Waals surface area contributed by atoms with Crippen LogP contribution in [0.3, 0.4) is 0 Å². The summed E-state index contributed by atoms with van der Waals surface area (Å²) in [6, 6.07) is 6.92.